The Labute approximate surface area is 154 Å². The Morgan fingerprint density at radius 2 is 2.08 bits per heavy atom. The normalized spacial score (nSPS) is 18.5. The van der Waals surface area contributed by atoms with Gasteiger partial charge in [-0.3, -0.25) is 9.59 Å². The zero-order valence-electron chi connectivity index (χ0n) is 15.4. The number of sulfone groups is 1. The Hall–Kier alpha value is -2.09. The van der Waals surface area contributed by atoms with Crippen molar-refractivity contribution in [3.05, 3.63) is 24.3 Å². The zero-order chi connectivity index (χ0) is 19.3. The standard InChI is InChI=1S/C18H26N2O5S/c1-13(2)10-20(16-7-8-26(23,24)12-16)18(22)11-25-17-6-4-5-15(9-17)19-14(3)21/h4-6,9,13,16H,7-8,10-12H2,1-3H3,(H,19,21)/t16-/m1/s1. The summed E-state index contributed by atoms with van der Waals surface area (Å²) in [6, 6.07) is 6.50. The first-order valence-corrected chi connectivity index (χ1v) is 10.5. The van der Waals surface area contributed by atoms with Gasteiger partial charge in [0.1, 0.15) is 5.75 Å². The second kappa shape index (κ2) is 8.53. The van der Waals surface area contributed by atoms with Crippen molar-refractivity contribution in [2.45, 2.75) is 33.2 Å². The minimum absolute atomic E-state index is 0.0173. The molecule has 8 heteroatoms. The highest BCUT2D eigenvalue weighted by atomic mass is 32.2. The average Bonchev–Trinajstić information content (AvgIpc) is 2.89. The first-order chi connectivity index (χ1) is 12.2. The highest BCUT2D eigenvalue weighted by Gasteiger charge is 2.34. The maximum atomic E-state index is 12.6. The number of hydrogen-bond donors (Lipinski definition) is 1. The third kappa shape index (κ3) is 6.01. The fourth-order valence-electron chi connectivity index (χ4n) is 2.96. The molecule has 1 aliphatic heterocycles. The Morgan fingerprint density at radius 1 is 1.35 bits per heavy atom. The molecule has 1 heterocycles. The molecule has 1 aliphatic rings. The lowest BCUT2D eigenvalue weighted by atomic mass is 10.1. The molecule has 2 rings (SSSR count). The lowest BCUT2D eigenvalue weighted by Crippen LogP contribution is -2.45. The van der Waals surface area contributed by atoms with Crippen LogP contribution < -0.4 is 10.1 Å². The number of rotatable bonds is 7. The molecule has 1 aromatic rings. The van der Waals surface area contributed by atoms with Gasteiger partial charge >= 0.3 is 0 Å². The molecule has 0 radical (unpaired) electrons. The van der Waals surface area contributed by atoms with Crippen molar-refractivity contribution in [2.24, 2.45) is 5.92 Å². The third-order valence-electron chi connectivity index (χ3n) is 4.05. The van der Waals surface area contributed by atoms with E-state index in [-0.39, 0.29) is 41.9 Å². The lowest BCUT2D eigenvalue weighted by molar-refractivity contribution is -0.135. The predicted molar refractivity (Wildman–Crippen MR) is 99.9 cm³/mol. The van der Waals surface area contributed by atoms with E-state index in [0.29, 0.717) is 24.4 Å². The fourth-order valence-corrected chi connectivity index (χ4v) is 4.69. The van der Waals surface area contributed by atoms with Gasteiger partial charge in [0.25, 0.3) is 5.91 Å². The average molecular weight is 382 g/mol. The number of nitrogens with zero attached hydrogens (tertiary/aromatic N) is 1. The Bertz CT molecular complexity index is 761. The van der Waals surface area contributed by atoms with Crippen LogP contribution in [0.15, 0.2) is 24.3 Å². The van der Waals surface area contributed by atoms with Gasteiger partial charge in [-0.2, -0.15) is 0 Å². The van der Waals surface area contributed by atoms with E-state index in [2.05, 4.69) is 5.32 Å². The van der Waals surface area contributed by atoms with Crippen molar-refractivity contribution in [3.8, 4) is 5.75 Å². The van der Waals surface area contributed by atoms with Crippen molar-refractivity contribution in [2.75, 3.05) is 30.0 Å². The maximum absolute atomic E-state index is 12.6. The van der Waals surface area contributed by atoms with Crippen molar-refractivity contribution >= 4 is 27.3 Å². The summed E-state index contributed by atoms with van der Waals surface area (Å²) in [4.78, 5) is 25.4. The molecule has 7 nitrogen and oxygen atoms in total. The van der Waals surface area contributed by atoms with Gasteiger partial charge in [0, 0.05) is 31.3 Å². The van der Waals surface area contributed by atoms with Crippen LogP contribution in [0.25, 0.3) is 0 Å². The predicted octanol–water partition coefficient (Wildman–Crippen LogP) is 1.70. The van der Waals surface area contributed by atoms with E-state index in [1.807, 2.05) is 13.8 Å². The van der Waals surface area contributed by atoms with Crippen LogP contribution in [0, 0.1) is 5.92 Å². The molecule has 1 saturated heterocycles. The summed E-state index contributed by atoms with van der Waals surface area (Å²) in [7, 11) is -3.07. The minimum atomic E-state index is -3.07. The summed E-state index contributed by atoms with van der Waals surface area (Å²) in [6.45, 7) is 5.71. The van der Waals surface area contributed by atoms with Crippen LogP contribution in [-0.4, -0.2) is 55.8 Å². The molecule has 0 unspecified atom stereocenters. The van der Waals surface area contributed by atoms with Gasteiger partial charge < -0.3 is 15.0 Å². The summed E-state index contributed by atoms with van der Waals surface area (Å²) >= 11 is 0. The van der Waals surface area contributed by atoms with Crippen LogP contribution in [0.4, 0.5) is 5.69 Å². The van der Waals surface area contributed by atoms with Crippen LogP contribution in [-0.2, 0) is 19.4 Å². The molecule has 0 bridgehead atoms. The van der Waals surface area contributed by atoms with Crippen LogP contribution in [0.3, 0.4) is 0 Å². The van der Waals surface area contributed by atoms with Crippen molar-refractivity contribution in [1.82, 2.24) is 4.90 Å². The second-order valence-electron chi connectivity index (χ2n) is 6.99. The molecule has 1 atom stereocenters. The van der Waals surface area contributed by atoms with E-state index in [4.69, 9.17) is 4.74 Å². The van der Waals surface area contributed by atoms with Crippen LogP contribution in [0.1, 0.15) is 27.2 Å². The summed E-state index contributed by atoms with van der Waals surface area (Å²) < 4.78 is 29.1. The number of carbonyl (C=O) groups is 2. The summed E-state index contributed by atoms with van der Waals surface area (Å²) in [5, 5.41) is 2.65. The quantitative estimate of drug-likeness (QED) is 0.775. The highest BCUT2D eigenvalue weighted by Crippen LogP contribution is 2.21. The second-order valence-corrected chi connectivity index (χ2v) is 9.22. The van der Waals surface area contributed by atoms with E-state index in [1.165, 1.54) is 6.92 Å². The van der Waals surface area contributed by atoms with Crippen molar-refractivity contribution < 1.29 is 22.7 Å². The molecule has 1 N–H and O–H groups in total. The molecular formula is C18H26N2O5S. The van der Waals surface area contributed by atoms with Gasteiger partial charge in [0.2, 0.25) is 5.91 Å². The first-order valence-electron chi connectivity index (χ1n) is 8.66. The van der Waals surface area contributed by atoms with Gasteiger partial charge in [-0.15, -0.1) is 0 Å². The summed E-state index contributed by atoms with van der Waals surface area (Å²) in [6.07, 6.45) is 0.471. The molecule has 26 heavy (non-hydrogen) atoms. The van der Waals surface area contributed by atoms with E-state index < -0.39 is 9.84 Å². The van der Waals surface area contributed by atoms with Gasteiger partial charge in [0.15, 0.2) is 16.4 Å². The van der Waals surface area contributed by atoms with Crippen LogP contribution in [0.2, 0.25) is 0 Å². The largest absolute Gasteiger partial charge is 0.484 e. The van der Waals surface area contributed by atoms with Gasteiger partial charge in [0.05, 0.1) is 11.5 Å². The highest BCUT2D eigenvalue weighted by molar-refractivity contribution is 7.91. The van der Waals surface area contributed by atoms with Gasteiger partial charge in [-0.25, -0.2) is 8.42 Å². The minimum Gasteiger partial charge on any atom is -0.484 e. The smallest absolute Gasteiger partial charge is 0.260 e. The number of ether oxygens (including phenoxy) is 1. The molecular weight excluding hydrogens is 356 g/mol. The first kappa shape index (κ1) is 20.2. The van der Waals surface area contributed by atoms with E-state index in [1.54, 1.807) is 29.2 Å². The molecule has 1 fully saturated rings. The van der Waals surface area contributed by atoms with E-state index >= 15 is 0 Å². The molecule has 2 amide bonds. The SMILES string of the molecule is CC(=O)Nc1cccc(OCC(=O)N(CC(C)C)[C@@H]2CCS(=O)(=O)C2)c1. The van der Waals surface area contributed by atoms with E-state index in [0.717, 1.165) is 0 Å². The number of anilines is 1. The Balaban J connectivity index is 2.02. The molecule has 0 aliphatic carbocycles. The fraction of sp³-hybridized carbons (Fsp3) is 0.556. The molecule has 0 saturated carbocycles. The number of amides is 2. The number of benzene rings is 1. The molecule has 1 aromatic carbocycles. The van der Waals surface area contributed by atoms with Gasteiger partial charge in [-0.05, 0) is 24.5 Å². The summed E-state index contributed by atoms with van der Waals surface area (Å²) in [5.41, 5.74) is 0.586. The lowest BCUT2D eigenvalue weighted by Gasteiger charge is -2.30. The van der Waals surface area contributed by atoms with Crippen LogP contribution in [0.5, 0.6) is 5.75 Å². The third-order valence-corrected chi connectivity index (χ3v) is 5.80. The van der Waals surface area contributed by atoms with Crippen LogP contribution >= 0.6 is 0 Å². The Kier molecular flexibility index (Phi) is 6.63. The number of nitrogens with one attached hydrogen (secondary N) is 1. The molecule has 0 aromatic heterocycles. The Morgan fingerprint density at radius 3 is 2.65 bits per heavy atom. The van der Waals surface area contributed by atoms with Crippen molar-refractivity contribution in [3.63, 3.8) is 0 Å². The van der Waals surface area contributed by atoms with Gasteiger partial charge in [-0.1, -0.05) is 19.9 Å². The number of carbonyl (C=O) groups excluding carboxylic acids is 2. The summed E-state index contributed by atoms with van der Waals surface area (Å²) in [5.74, 6) is 0.413. The zero-order valence-corrected chi connectivity index (χ0v) is 16.2. The molecule has 144 valence electrons. The topological polar surface area (TPSA) is 92.8 Å². The number of hydrogen-bond acceptors (Lipinski definition) is 5. The molecule has 0 spiro atoms. The van der Waals surface area contributed by atoms with E-state index in [9.17, 15) is 18.0 Å². The monoisotopic (exact) mass is 382 g/mol. The maximum Gasteiger partial charge on any atom is 0.260 e. The van der Waals surface area contributed by atoms with Crippen molar-refractivity contribution in [1.29, 1.82) is 0 Å².